The first-order valence-corrected chi connectivity index (χ1v) is 4.68. The topological polar surface area (TPSA) is 38.3 Å². The zero-order valence-electron chi connectivity index (χ0n) is 9.18. The standard InChI is InChI=1S/C10H20NO2/c1-6-8(2)7-11-9(12)13-10(3,4)5/h7-8H,6H2,1-5H3,(H,11,12). The van der Waals surface area contributed by atoms with Crippen molar-refractivity contribution in [3.05, 3.63) is 6.54 Å². The molecule has 0 aromatic heterocycles. The van der Waals surface area contributed by atoms with Gasteiger partial charge in [0.25, 0.3) is 0 Å². The smallest absolute Gasteiger partial charge is 0.407 e. The van der Waals surface area contributed by atoms with Gasteiger partial charge in [0.2, 0.25) is 0 Å². The molecular weight excluding hydrogens is 166 g/mol. The van der Waals surface area contributed by atoms with E-state index in [9.17, 15) is 4.79 Å². The van der Waals surface area contributed by atoms with Crippen molar-refractivity contribution in [1.29, 1.82) is 0 Å². The third-order valence-electron chi connectivity index (χ3n) is 1.53. The average Bonchev–Trinajstić information content (AvgIpc) is 1.97. The lowest BCUT2D eigenvalue weighted by molar-refractivity contribution is 0.0537. The van der Waals surface area contributed by atoms with E-state index in [2.05, 4.69) is 12.2 Å². The molecule has 0 rings (SSSR count). The number of alkyl carbamates (subject to hydrolysis) is 1. The summed E-state index contributed by atoms with van der Waals surface area (Å²) in [5, 5.41) is 2.60. The quantitative estimate of drug-likeness (QED) is 0.736. The van der Waals surface area contributed by atoms with Crippen LogP contribution in [0.15, 0.2) is 0 Å². The predicted molar refractivity (Wildman–Crippen MR) is 53.1 cm³/mol. The molecule has 1 atom stereocenters. The molecule has 0 aromatic rings. The molecule has 0 aliphatic heterocycles. The summed E-state index contributed by atoms with van der Waals surface area (Å²) in [5.41, 5.74) is -0.423. The summed E-state index contributed by atoms with van der Waals surface area (Å²) in [7, 11) is 0. The zero-order valence-corrected chi connectivity index (χ0v) is 9.18. The molecule has 1 unspecified atom stereocenters. The summed E-state index contributed by atoms with van der Waals surface area (Å²) in [5.74, 6) is 0.382. The van der Waals surface area contributed by atoms with Gasteiger partial charge >= 0.3 is 6.09 Å². The highest BCUT2D eigenvalue weighted by atomic mass is 16.6. The van der Waals surface area contributed by atoms with Gasteiger partial charge in [-0.05, 0) is 26.7 Å². The second-order valence-corrected chi connectivity index (χ2v) is 4.20. The van der Waals surface area contributed by atoms with Crippen LogP contribution < -0.4 is 5.32 Å². The third kappa shape index (κ3) is 7.62. The highest BCUT2D eigenvalue weighted by Crippen LogP contribution is 2.08. The molecule has 1 radical (unpaired) electrons. The van der Waals surface area contributed by atoms with Gasteiger partial charge in [-0.2, -0.15) is 0 Å². The minimum absolute atomic E-state index is 0.382. The maximum absolute atomic E-state index is 11.1. The Morgan fingerprint density at radius 2 is 2.08 bits per heavy atom. The van der Waals surface area contributed by atoms with Gasteiger partial charge in [-0.1, -0.05) is 20.3 Å². The molecule has 0 saturated carbocycles. The summed E-state index contributed by atoms with van der Waals surface area (Å²) < 4.78 is 5.05. The summed E-state index contributed by atoms with van der Waals surface area (Å²) in [6, 6.07) is 0. The number of ether oxygens (including phenoxy) is 1. The van der Waals surface area contributed by atoms with Gasteiger partial charge in [-0.25, -0.2) is 4.79 Å². The van der Waals surface area contributed by atoms with Crippen LogP contribution in [-0.4, -0.2) is 11.7 Å². The Kier molecular flexibility index (Phi) is 4.81. The molecule has 0 aliphatic rings. The molecule has 1 amide bonds. The van der Waals surface area contributed by atoms with Crippen LogP contribution in [-0.2, 0) is 4.74 Å². The maximum atomic E-state index is 11.1. The second-order valence-electron chi connectivity index (χ2n) is 4.20. The summed E-state index contributed by atoms with van der Waals surface area (Å²) in [6.45, 7) is 11.4. The molecule has 0 fully saturated rings. The van der Waals surface area contributed by atoms with Crippen LogP contribution in [0, 0.1) is 12.5 Å². The van der Waals surface area contributed by atoms with E-state index in [1.165, 1.54) is 0 Å². The summed E-state index contributed by atoms with van der Waals surface area (Å²) in [4.78, 5) is 11.1. The fourth-order valence-corrected chi connectivity index (χ4v) is 0.636. The van der Waals surface area contributed by atoms with Crippen molar-refractivity contribution in [2.75, 3.05) is 0 Å². The minimum atomic E-state index is -0.423. The highest BCUT2D eigenvalue weighted by Gasteiger charge is 2.16. The number of rotatable bonds is 3. The number of carbonyl (C=O) groups excluding carboxylic acids is 1. The van der Waals surface area contributed by atoms with Gasteiger partial charge in [-0.3, -0.25) is 0 Å². The van der Waals surface area contributed by atoms with E-state index in [1.54, 1.807) is 6.54 Å². The number of amides is 1. The van der Waals surface area contributed by atoms with E-state index < -0.39 is 5.60 Å². The molecule has 0 spiro atoms. The van der Waals surface area contributed by atoms with Crippen LogP contribution in [0.2, 0.25) is 0 Å². The Labute approximate surface area is 80.8 Å². The maximum Gasteiger partial charge on any atom is 0.407 e. The molecule has 0 heterocycles. The average molecular weight is 186 g/mol. The molecule has 3 nitrogen and oxygen atoms in total. The number of nitrogens with one attached hydrogen (secondary N) is 1. The minimum Gasteiger partial charge on any atom is -0.444 e. The van der Waals surface area contributed by atoms with Crippen LogP contribution >= 0.6 is 0 Å². The van der Waals surface area contributed by atoms with Crippen LogP contribution in [0.3, 0.4) is 0 Å². The Hall–Kier alpha value is -0.730. The Balaban J connectivity index is 3.64. The molecule has 0 saturated heterocycles. The van der Waals surface area contributed by atoms with Gasteiger partial charge in [0.1, 0.15) is 5.60 Å². The molecular formula is C10H20NO2. The lowest BCUT2D eigenvalue weighted by atomic mass is 10.1. The van der Waals surface area contributed by atoms with Gasteiger partial charge in [0, 0.05) is 0 Å². The number of hydrogen-bond acceptors (Lipinski definition) is 2. The molecule has 0 aromatic carbocycles. The fraction of sp³-hybridized carbons (Fsp3) is 0.800. The monoisotopic (exact) mass is 186 g/mol. The van der Waals surface area contributed by atoms with Crippen molar-refractivity contribution in [2.45, 2.75) is 46.6 Å². The first-order valence-electron chi connectivity index (χ1n) is 4.68. The Morgan fingerprint density at radius 3 is 2.46 bits per heavy atom. The van der Waals surface area contributed by atoms with E-state index in [0.717, 1.165) is 6.42 Å². The van der Waals surface area contributed by atoms with Gasteiger partial charge < -0.3 is 10.1 Å². The Morgan fingerprint density at radius 1 is 1.54 bits per heavy atom. The molecule has 0 bridgehead atoms. The second kappa shape index (κ2) is 5.10. The van der Waals surface area contributed by atoms with E-state index in [-0.39, 0.29) is 6.09 Å². The number of hydrogen-bond donors (Lipinski definition) is 1. The van der Waals surface area contributed by atoms with E-state index in [0.29, 0.717) is 5.92 Å². The van der Waals surface area contributed by atoms with Gasteiger partial charge in [0.05, 0.1) is 6.54 Å². The fourth-order valence-electron chi connectivity index (χ4n) is 0.636. The zero-order chi connectivity index (χ0) is 10.5. The normalized spacial score (nSPS) is 13.6. The van der Waals surface area contributed by atoms with Gasteiger partial charge in [0.15, 0.2) is 0 Å². The van der Waals surface area contributed by atoms with Crippen LogP contribution in [0.5, 0.6) is 0 Å². The molecule has 13 heavy (non-hydrogen) atoms. The van der Waals surface area contributed by atoms with Crippen LogP contribution in [0.4, 0.5) is 4.79 Å². The summed E-state index contributed by atoms with van der Waals surface area (Å²) in [6.07, 6.45) is 0.628. The largest absolute Gasteiger partial charge is 0.444 e. The van der Waals surface area contributed by atoms with Crippen molar-refractivity contribution in [3.8, 4) is 0 Å². The Bertz CT molecular complexity index is 161. The van der Waals surface area contributed by atoms with E-state index in [4.69, 9.17) is 4.74 Å². The van der Waals surface area contributed by atoms with Crippen molar-refractivity contribution in [1.82, 2.24) is 5.32 Å². The van der Waals surface area contributed by atoms with E-state index >= 15 is 0 Å². The van der Waals surface area contributed by atoms with Gasteiger partial charge in [-0.15, -0.1) is 0 Å². The lowest BCUT2D eigenvalue weighted by Gasteiger charge is -2.20. The van der Waals surface area contributed by atoms with Crippen molar-refractivity contribution >= 4 is 6.09 Å². The lowest BCUT2D eigenvalue weighted by Crippen LogP contribution is -2.32. The molecule has 0 aliphatic carbocycles. The van der Waals surface area contributed by atoms with Crippen molar-refractivity contribution < 1.29 is 9.53 Å². The van der Waals surface area contributed by atoms with E-state index in [1.807, 2.05) is 27.7 Å². The highest BCUT2D eigenvalue weighted by molar-refractivity contribution is 5.68. The summed E-state index contributed by atoms with van der Waals surface area (Å²) >= 11 is 0. The molecule has 3 heteroatoms. The van der Waals surface area contributed by atoms with Crippen LogP contribution in [0.1, 0.15) is 41.0 Å². The first-order chi connectivity index (χ1) is 5.85. The SMILES string of the molecule is CCC(C)[CH]NC(=O)OC(C)(C)C. The first kappa shape index (κ1) is 12.3. The third-order valence-corrected chi connectivity index (χ3v) is 1.53. The molecule has 1 N–H and O–H groups in total. The van der Waals surface area contributed by atoms with Crippen LogP contribution in [0.25, 0.3) is 0 Å². The molecule has 77 valence electrons. The predicted octanol–water partition coefficient (Wildman–Crippen LogP) is 2.72. The number of carbonyl (C=O) groups is 1. The van der Waals surface area contributed by atoms with Crippen molar-refractivity contribution in [2.24, 2.45) is 5.92 Å². The van der Waals surface area contributed by atoms with Crippen molar-refractivity contribution in [3.63, 3.8) is 0 Å².